The number of hydrogen-bond acceptors (Lipinski definition) is 1. The molecule has 0 aliphatic heterocycles. The Hall–Kier alpha value is -1.76. The molecule has 1 nitrogen and oxygen atoms in total. The summed E-state index contributed by atoms with van der Waals surface area (Å²) in [5, 5.41) is 3.05. The largest absolute Gasteiger partial charge is 0.388 e. The lowest BCUT2D eigenvalue weighted by atomic mass is 10.1. The molecule has 0 aromatic heterocycles. The molecule has 0 aliphatic rings. The van der Waals surface area contributed by atoms with E-state index >= 15 is 0 Å². The van der Waals surface area contributed by atoms with Crippen LogP contribution in [-0.2, 0) is 6.42 Å². The quantitative estimate of drug-likeness (QED) is 0.815. The Morgan fingerprint density at radius 2 is 1.26 bits per heavy atom. The van der Waals surface area contributed by atoms with Crippen LogP contribution in [0, 0.1) is 13.8 Å². The molecule has 0 bridgehead atoms. The van der Waals surface area contributed by atoms with Crippen LogP contribution < -0.4 is 5.32 Å². The molecule has 0 amide bonds. The molecule has 0 saturated heterocycles. The summed E-state index contributed by atoms with van der Waals surface area (Å²) in [5.41, 5.74) is 5.27. The van der Waals surface area contributed by atoms with Crippen molar-refractivity contribution in [3.8, 4) is 0 Å². The third kappa shape index (κ3) is 6.10. The van der Waals surface area contributed by atoms with Gasteiger partial charge in [-0.1, -0.05) is 60.9 Å². The maximum Gasteiger partial charge on any atom is 0.0337 e. The Morgan fingerprint density at radius 3 is 1.68 bits per heavy atom. The average Bonchev–Trinajstić information content (AvgIpc) is 2.43. The van der Waals surface area contributed by atoms with Gasteiger partial charge in [0.25, 0.3) is 0 Å². The highest BCUT2D eigenvalue weighted by atomic mass is 14.8. The van der Waals surface area contributed by atoms with E-state index in [0.29, 0.717) is 0 Å². The van der Waals surface area contributed by atoms with Crippen molar-refractivity contribution >= 4 is 5.69 Å². The predicted octanol–water partition coefficient (Wildman–Crippen LogP) is 4.98. The van der Waals surface area contributed by atoms with Crippen molar-refractivity contribution < 1.29 is 0 Å². The van der Waals surface area contributed by atoms with Crippen molar-refractivity contribution in [3.05, 3.63) is 65.2 Å². The highest BCUT2D eigenvalue weighted by Gasteiger charge is 1.88. The van der Waals surface area contributed by atoms with Gasteiger partial charge in [-0.05, 0) is 38.0 Å². The van der Waals surface area contributed by atoms with Crippen LogP contribution in [0.25, 0.3) is 0 Å². The maximum absolute atomic E-state index is 3.05. The van der Waals surface area contributed by atoms with Gasteiger partial charge < -0.3 is 5.32 Å². The van der Waals surface area contributed by atoms with Gasteiger partial charge in [-0.25, -0.2) is 0 Å². The minimum atomic E-state index is 1.17. The second-order valence-corrected chi connectivity index (χ2v) is 4.85. The van der Waals surface area contributed by atoms with Gasteiger partial charge in [0.1, 0.15) is 0 Å². The number of rotatable bonds is 3. The summed E-state index contributed by atoms with van der Waals surface area (Å²) in [6.07, 6.45) is 2.45. The summed E-state index contributed by atoms with van der Waals surface area (Å²) < 4.78 is 0. The molecule has 0 saturated carbocycles. The first-order valence-corrected chi connectivity index (χ1v) is 6.95. The zero-order valence-electron chi connectivity index (χ0n) is 12.5. The zero-order chi connectivity index (χ0) is 14.1. The molecule has 2 aromatic carbocycles. The van der Waals surface area contributed by atoms with Crippen LogP contribution in [0.5, 0.6) is 0 Å². The van der Waals surface area contributed by atoms with Crippen molar-refractivity contribution in [2.24, 2.45) is 0 Å². The van der Waals surface area contributed by atoms with E-state index in [4.69, 9.17) is 0 Å². The third-order valence-electron chi connectivity index (χ3n) is 3.00. The van der Waals surface area contributed by atoms with E-state index in [9.17, 15) is 0 Å². The van der Waals surface area contributed by atoms with Crippen LogP contribution in [0.2, 0.25) is 0 Å². The number of hydrogen-bond donors (Lipinski definition) is 1. The van der Waals surface area contributed by atoms with Crippen LogP contribution in [0.4, 0.5) is 5.69 Å². The highest BCUT2D eigenvalue weighted by molar-refractivity contribution is 5.43. The summed E-state index contributed by atoms with van der Waals surface area (Å²) in [5.74, 6) is 0. The lowest BCUT2D eigenvalue weighted by Crippen LogP contribution is -1.85. The van der Waals surface area contributed by atoms with Gasteiger partial charge in [-0.15, -0.1) is 0 Å². The molecule has 0 fully saturated rings. The molecule has 19 heavy (non-hydrogen) atoms. The van der Waals surface area contributed by atoms with Crippen LogP contribution in [0.3, 0.4) is 0 Å². The Morgan fingerprint density at radius 1 is 0.789 bits per heavy atom. The van der Waals surface area contributed by atoms with E-state index in [1.807, 2.05) is 7.05 Å². The maximum atomic E-state index is 3.05. The molecule has 2 rings (SSSR count). The first-order chi connectivity index (χ1) is 9.15. The molecular weight excluding hydrogens is 230 g/mol. The fourth-order valence-corrected chi connectivity index (χ4v) is 1.76. The van der Waals surface area contributed by atoms with Gasteiger partial charge in [-0.3, -0.25) is 0 Å². The smallest absolute Gasteiger partial charge is 0.0337 e. The molecule has 2 aromatic rings. The fraction of sp³-hybridized carbons (Fsp3) is 0.333. The fourth-order valence-electron chi connectivity index (χ4n) is 1.76. The molecule has 0 spiro atoms. The topological polar surface area (TPSA) is 12.0 Å². The molecule has 1 N–H and O–H groups in total. The summed E-state index contributed by atoms with van der Waals surface area (Å²) in [6.45, 7) is 6.41. The van der Waals surface area contributed by atoms with Gasteiger partial charge in [0.05, 0.1) is 0 Å². The molecule has 102 valence electrons. The van der Waals surface area contributed by atoms with E-state index < -0.39 is 0 Å². The lowest BCUT2D eigenvalue weighted by Gasteiger charge is -1.97. The van der Waals surface area contributed by atoms with E-state index in [-0.39, 0.29) is 0 Å². The van der Waals surface area contributed by atoms with Gasteiger partial charge in [-0.2, -0.15) is 0 Å². The minimum Gasteiger partial charge on any atom is -0.388 e. The molecule has 0 unspecified atom stereocenters. The number of aryl methyl sites for hydroxylation is 3. The van der Waals surface area contributed by atoms with E-state index in [2.05, 4.69) is 74.6 Å². The Balaban J connectivity index is 0.000000191. The Labute approximate surface area is 117 Å². The Bertz CT molecular complexity index is 454. The summed E-state index contributed by atoms with van der Waals surface area (Å²) in [7, 11) is 1.92. The van der Waals surface area contributed by atoms with E-state index in [0.717, 1.165) is 0 Å². The standard InChI is InChI=1S/C10H14.C8H11N/c1-3-4-10-7-5-9(2)6-8-10;1-7-3-5-8(9-2)6-4-7/h5-8H,3-4H2,1-2H3;3-6,9H,1-2H3. The average molecular weight is 255 g/mol. The molecular formula is C18H25N. The van der Waals surface area contributed by atoms with E-state index in [1.165, 1.54) is 35.2 Å². The van der Waals surface area contributed by atoms with Crippen LogP contribution >= 0.6 is 0 Å². The highest BCUT2D eigenvalue weighted by Crippen LogP contribution is 2.06. The Kier molecular flexibility index (Phi) is 6.73. The summed E-state index contributed by atoms with van der Waals surface area (Å²) in [6, 6.07) is 17.1. The second kappa shape index (κ2) is 8.36. The minimum absolute atomic E-state index is 1.17. The SMILES string of the molecule is CCCc1ccc(C)cc1.CNc1ccc(C)cc1. The molecule has 0 atom stereocenters. The van der Waals surface area contributed by atoms with Crippen LogP contribution in [0.1, 0.15) is 30.0 Å². The predicted molar refractivity (Wildman–Crippen MR) is 85.9 cm³/mol. The summed E-state index contributed by atoms with van der Waals surface area (Å²) in [4.78, 5) is 0. The second-order valence-electron chi connectivity index (χ2n) is 4.85. The number of benzene rings is 2. The number of nitrogens with one attached hydrogen (secondary N) is 1. The third-order valence-corrected chi connectivity index (χ3v) is 3.00. The first-order valence-electron chi connectivity index (χ1n) is 6.95. The summed E-state index contributed by atoms with van der Waals surface area (Å²) >= 11 is 0. The molecule has 0 aliphatic carbocycles. The van der Waals surface area contributed by atoms with Crippen molar-refractivity contribution in [2.45, 2.75) is 33.6 Å². The van der Waals surface area contributed by atoms with Crippen LogP contribution in [0.15, 0.2) is 48.5 Å². The monoisotopic (exact) mass is 255 g/mol. The van der Waals surface area contributed by atoms with Gasteiger partial charge in [0.15, 0.2) is 0 Å². The van der Waals surface area contributed by atoms with Crippen molar-refractivity contribution in [1.29, 1.82) is 0 Å². The van der Waals surface area contributed by atoms with Crippen molar-refractivity contribution in [1.82, 2.24) is 0 Å². The van der Waals surface area contributed by atoms with Crippen molar-refractivity contribution in [3.63, 3.8) is 0 Å². The van der Waals surface area contributed by atoms with Crippen molar-refractivity contribution in [2.75, 3.05) is 12.4 Å². The lowest BCUT2D eigenvalue weighted by molar-refractivity contribution is 0.921. The zero-order valence-corrected chi connectivity index (χ0v) is 12.5. The molecule has 0 radical (unpaired) electrons. The van der Waals surface area contributed by atoms with Gasteiger partial charge in [0.2, 0.25) is 0 Å². The molecule has 0 heterocycles. The van der Waals surface area contributed by atoms with E-state index in [1.54, 1.807) is 0 Å². The first kappa shape index (κ1) is 15.3. The molecule has 1 heteroatoms. The van der Waals surface area contributed by atoms with Gasteiger partial charge in [0, 0.05) is 12.7 Å². The van der Waals surface area contributed by atoms with Crippen LogP contribution in [-0.4, -0.2) is 7.05 Å². The normalized spacial score (nSPS) is 9.47. The number of anilines is 1. The van der Waals surface area contributed by atoms with Gasteiger partial charge >= 0.3 is 0 Å².